The number of methoxy groups -OCH3 is 1. The van der Waals surface area contributed by atoms with E-state index in [9.17, 15) is 4.79 Å². The summed E-state index contributed by atoms with van der Waals surface area (Å²) in [4.78, 5) is 11.1. The quantitative estimate of drug-likeness (QED) is 0.552. The smallest absolute Gasteiger partial charge is 0.234 e. The Morgan fingerprint density at radius 2 is 2.12 bits per heavy atom. The fraction of sp³-hybridized carbons (Fsp3) is 0.417. The van der Waals surface area contributed by atoms with Gasteiger partial charge in [-0.2, -0.15) is 0 Å². The Morgan fingerprint density at radius 3 is 2.82 bits per heavy atom. The van der Waals surface area contributed by atoms with Crippen LogP contribution >= 0.6 is 0 Å². The summed E-state index contributed by atoms with van der Waals surface area (Å²) in [5.74, 6) is 1.47. The van der Waals surface area contributed by atoms with Crippen molar-refractivity contribution in [3.05, 3.63) is 24.3 Å². The van der Waals surface area contributed by atoms with Gasteiger partial charge < -0.3 is 9.47 Å². The number of amides is 1. The Balaban J connectivity index is 2.24. The first-order chi connectivity index (χ1) is 8.26. The van der Waals surface area contributed by atoms with Gasteiger partial charge in [0.05, 0.1) is 13.7 Å². The van der Waals surface area contributed by atoms with Gasteiger partial charge in [0.2, 0.25) is 5.91 Å². The first-order valence-corrected chi connectivity index (χ1v) is 5.48. The van der Waals surface area contributed by atoms with E-state index in [2.05, 4.69) is 10.9 Å². The lowest BCUT2D eigenvalue weighted by Gasteiger charge is -2.07. The Hall–Kier alpha value is -1.75. The van der Waals surface area contributed by atoms with Gasteiger partial charge >= 0.3 is 0 Å². The minimum Gasteiger partial charge on any atom is -0.497 e. The summed E-state index contributed by atoms with van der Waals surface area (Å²) < 4.78 is 10.6. The molecule has 0 unspecified atom stereocenters. The van der Waals surface area contributed by atoms with Crippen LogP contribution in [-0.4, -0.2) is 26.7 Å². The summed E-state index contributed by atoms with van der Waals surface area (Å²) >= 11 is 0. The van der Waals surface area contributed by atoms with E-state index in [1.165, 1.54) is 0 Å². The molecule has 1 rings (SSSR count). The van der Waals surface area contributed by atoms with Crippen molar-refractivity contribution in [2.45, 2.75) is 12.8 Å². The third-order valence-electron chi connectivity index (χ3n) is 2.12. The van der Waals surface area contributed by atoms with Crippen molar-refractivity contribution in [1.29, 1.82) is 0 Å². The second-order valence-electron chi connectivity index (χ2n) is 3.43. The molecule has 5 nitrogen and oxygen atoms in total. The largest absolute Gasteiger partial charge is 0.497 e. The van der Waals surface area contributed by atoms with Crippen LogP contribution in [0.3, 0.4) is 0 Å². The highest BCUT2D eigenvalue weighted by Crippen LogP contribution is 2.18. The first-order valence-electron chi connectivity index (χ1n) is 5.48. The maximum absolute atomic E-state index is 11.1. The summed E-state index contributed by atoms with van der Waals surface area (Å²) in [7, 11) is 3.27. The molecule has 0 aromatic heterocycles. The van der Waals surface area contributed by atoms with Crippen LogP contribution < -0.4 is 20.3 Å². The maximum atomic E-state index is 11.1. The number of carbonyl (C=O) groups excluding carboxylic acids is 1. The maximum Gasteiger partial charge on any atom is 0.234 e. The molecule has 0 radical (unpaired) electrons. The number of carbonyl (C=O) groups is 1. The SMILES string of the molecule is CNNC(=O)CCCOc1cccc(OC)c1. The van der Waals surface area contributed by atoms with E-state index in [-0.39, 0.29) is 5.91 Å². The Bertz CT molecular complexity index is 355. The molecule has 0 aliphatic rings. The van der Waals surface area contributed by atoms with E-state index in [1.807, 2.05) is 24.3 Å². The molecule has 0 spiro atoms. The van der Waals surface area contributed by atoms with Crippen molar-refractivity contribution >= 4 is 5.91 Å². The number of rotatable bonds is 7. The lowest BCUT2D eigenvalue weighted by Crippen LogP contribution is -2.34. The van der Waals surface area contributed by atoms with E-state index in [0.29, 0.717) is 19.4 Å². The van der Waals surface area contributed by atoms with Crippen molar-refractivity contribution in [2.24, 2.45) is 0 Å². The molecule has 0 bridgehead atoms. The molecular formula is C12H18N2O3. The van der Waals surface area contributed by atoms with Gasteiger partial charge in [-0.25, -0.2) is 5.43 Å². The molecular weight excluding hydrogens is 220 g/mol. The van der Waals surface area contributed by atoms with Gasteiger partial charge in [-0.05, 0) is 18.6 Å². The fourth-order valence-corrected chi connectivity index (χ4v) is 1.32. The van der Waals surface area contributed by atoms with E-state index in [1.54, 1.807) is 14.2 Å². The molecule has 2 N–H and O–H groups in total. The van der Waals surface area contributed by atoms with Crippen LogP contribution in [0, 0.1) is 0 Å². The summed E-state index contributed by atoms with van der Waals surface area (Å²) in [6.07, 6.45) is 1.11. The predicted molar refractivity (Wildman–Crippen MR) is 64.9 cm³/mol. The summed E-state index contributed by atoms with van der Waals surface area (Å²) in [5.41, 5.74) is 5.08. The highest BCUT2D eigenvalue weighted by Gasteiger charge is 2.00. The molecule has 0 aliphatic heterocycles. The molecule has 1 aromatic carbocycles. The summed E-state index contributed by atoms with van der Waals surface area (Å²) in [6.45, 7) is 0.504. The standard InChI is InChI=1S/C12H18N2O3/c1-13-14-12(15)7-4-8-17-11-6-3-5-10(9-11)16-2/h3,5-6,9,13H,4,7-8H2,1-2H3,(H,14,15). The van der Waals surface area contributed by atoms with Gasteiger partial charge in [0.25, 0.3) is 0 Å². The number of nitrogens with one attached hydrogen (secondary N) is 2. The normalized spacial score (nSPS) is 9.76. The van der Waals surface area contributed by atoms with Crippen molar-refractivity contribution in [1.82, 2.24) is 10.9 Å². The first kappa shape index (κ1) is 13.3. The van der Waals surface area contributed by atoms with E-state index in [4.69, 9.17) is 9.47 Å². The molecule has 1 aromatic rings. The molecule has 0 saturated heterocycles. The van der Waals surface area contributed by atoms with Gasteiger partial charge in [0.1, 0.15) is 11.5 Å². The molecule has 0 fully saturated rings. The number of hydrogen-bond acceptors (Lipinski definition) is 4. The second kappa shape index (κ2) is 7.51. The van der Waals surface area contributed by atoms with Gasteiger partial charge in [-0.15, -0.1) is 0 Å². The van der Waals surface area contributed by atoms with Crippen molar-refractivity contribution < 1.29 is 14.3 Å². The average molecular weight is 238 g/mol. The Morgan fingerprint density at radius 1 is 1.35 bits per heavy atom. The molecule has 94 valence electrons. The highest BCUT2D eigenvalue weighted by atomic mass is 16.5. The Kier molecular flexibility index (Phi) is 5.88. The third kappa shape index (κ3) is 5.21. The molecule has 17 heavy (non-hydrogen) atoms. The topological polar surface area (TPSA) is 59.6 Å². The average Bonchev–Trinajstić information content (AvgIpc) is 2.35. The van der Waals surface area contributed by atoms with E-state index >= 15 is 0 Å². The van der Waals surface area contributed by atoms with Crippen molar-refractivity contribution in [2.75, 3.05) is 20.8 Å². The Labute approximate surface area is 101 Å². The number of hydrogen-bond donors (Lipinski definition) is 2. The minimum absolute atomic E-state index is 0.0401. The summed E-state index contributed by atoms with van der Waals surface area (Å²) in [6, 6.07) is 7.39. The van der Waals surface area contributed by atoms with E-state index in [0.717, 1.165) is 11.5 Å². The zero-order valence-corrected chi connectivity index (χ0v) is 10.2. The number of ether oxygens (including phenoxy) is 2. The monoisotopic (exact) mass is 238 g/mol. The zero-order chi connectivity index (χ0) is 12.5. The van der Waals surface area contributed by atoms with Crippen LogP contribution in [0.1, 0.15) is 12.8 Å². The lowest BCUT2D eigenvalue weighted by atomic mass is 10.3. The van der Waals surface area contributed by atoms with Crippen LogP contribution in [0.2, 0.25) is 0 Å². The number of hydrazine groups is 1. The van der Waals surface area contributed by atoms with Gasteiger partial charge in [0, 0.05) is 19.5 Å². The second-order valence-corrected chi connectivity index (χ2v) is 3.43. The van der Waals surface area contributed by atoms with Crippen LogP contribution in [0.25, 0.3) is 0 Å². The summed E-state index contributed by atoms with van der Waals surface area (Å²) in [5, 5.41) is 0. The van der Waals surface area contributed by atoms with Crippen molar-refractivity contribution in [3.8, 4) is 11.5 Å². The van der Waals surface area contributed by atoms with E-state index < -0.39 is 0 Å². The fourth-order valence-electron chi connectivity index (χ4n) is 1.32. The van der Waals surface area contributed by atoms with Crippen LogP contribution in [-0.2, 0) is 4.79 Å². The molecule has 0 saturated carbocycles. The van der Waals surface area contributed by atoms with Gasteiger partial charge in [-0.1, -0.05) is 6.07 Å². The van der Waals surface area contributed by atoms with Crippen LogP contribution in [0.4, 0.5) is 0 Å². The van der Waals surface area contributed by atoms with Gasteiger partial charge in [-0.3, -0.25) is 10.2 Å². The minimum atomic E-state index is -0.0401. The molecule has 0 atom stereocenters. The zero-order valence-electron chi connectivity index (χ0n) is 10.2. The van der Waals surface area contributed by atoms with Crippen molar-refractivity contribution in [3.63, 3.8) is 0 Å². The number of benzene rings is 1. The highest BCUT2D eigenvalue weighted by molar-refractivity contribution is 5.75. The third-order valence-corrected chi connectivity index (χ3v) is 2.12. The van der Waals surface area contributed by atoms with Gasteiger partial charge in [0.15, 0.2) is 0 Å². The molecule has 1 amide bonds. The molecule has 5 heteroatoms. The molecule has 0 heterocycles. The molecule has 0 aliphatic carbocycles. The lowest BCUT2D eigenvalue weighted by molar-refractivity contribution is -0.122. The van der Waals surface area contributed by atoms with Crippen LogP contribution in [0.5, 0.6) is 11.5 Å². The predicted octanol–water partition coefficient (Wildman–Crippen LogP) is 1.10. The van der Waals surface area contributed by atoms with Crippen LogP contribution in [0.15, 0.2) is 24.3 Å².